The lowest BCUT2D eigenvalue weighted by Crippen LogP contribution is -2.23. The molecule has 4 rings (SSSR count). The number of rotatable bonds is 6. The monoisotopic (exact) mass is 280 g/mol. The van der Waals surface area contributed by atoms with Crippen molar-refractivity contribution < 1.29 is 4.74 Å². The first-order chi connectivity index (χ1) is 10.4. The molecule has 2 aliphatic carbocycles. The number of pyridine rings is 1. The van der Waals surface area contributed by atoms with Crippen molar-refractivity contribution in [3.63, 3.8) is 0 Å². The van der Waals surface area contributed by atoms with Gasteiger partial charge in [-0.1, -0.05) is 24.3 Å². The lowest BCUT2D eigenvalue weighted by Gasteiger charge is -2.29. The zero-order chi connectivity index (χ0) is 14.1. The molecule has 21 heavy (non-hydrogen) atoms. The average Bonchev–Trinajstić information content (AvgIpc) is 3.32. The Morgan fingerprint density at radius 3 is 2.81 bits per heavy atom. The van der Waals surface area contributed by atoms with Crippen LogP contribution >= 0.6 is 0 Å². The standard InChI is InChI=1S/C18H20N2O/c1-2-4-18-13(3-1)9-14(18)12-21-17-8-7-16(20-11-17)10-19-15-5-6-15/h1-4,7-8,11,14-15,19H,5-6,9-10,12H2. The Kier molecular flexibility index (Phi) is 3.36. The summed E-state index contributed by atoms with van der Waals surface area (Å²) in [6.07, 6.45) is 5.59. The summed E-state index contributed by atoms with van der Waals surface area (Å²) in [6, 6.07) is 13.4. The van der Waals surface area contributed by atoms with Crippen molar-refractivity contribution in [2.45, 2.75) is 37.8 Å². The lowest BCUT2D eigenvalue weighted by molar-refractivity contribution is 0.274. The van der Waals surface area contributed by atoms with Crippen LogP contribution in [0.15, 0.2) is 42.6 Å². The van der Waals surface area contributed by atoms with Crippen LogP contribution in [0.1, 0.15) is 35.6 Å². The van der Waals surface area contributed by atoms with Crippen LogP contribution in [0.25, 0.3) is 0 Å². The number of ether oxygens (including phenoxy) is 1. The van der Waals surface area contributed by atoms with Gasteiger partial charge in [-0.25, -0.2) is 0 Å². The Bertz CT molecular complexity index is 619. The molecule has 0 amide bonds. The summed E-state index contributed by atoms with van der Waals surface area (Å²) in [7, 11) is 0. The molecule has 1 fully saturated rings. The Morgan fingerprint density at radius 2 is 2.05 bits per heavy atom. The van der Waals surface area contributed by atoms with Crippen molar-refractivity contribution in [3.05, 3.63) is 59.4 Å². The molecule has 3 heteroatoms. The lowest BCUT2D eigenvalue weighted by atomic mass is 9.78. The fraction of sp³-hybridized carbons (Fsp3) is 0.389. The molecule has 2 aromatic rings. The van der Waals surface area contributed by atoms with Crippen molar-refractivity contribution in [3.8, 4) is 5.75 Å². The molecule has 0 aliphatic heterocycles. The quantitative estimate of drug-likeness (QED) is 0.883. The van der Waals surface area contributed by atoms with Gasteiger partial charge in [0.1, 0.15) is 5.75 Å². The van der Waals surface area contributed by atoms with Gasteiger partial charge < -0.3 is 10.1 Å². The first kappa shape index (κ1) is 12.8. The fourth-order valence-corrected chi connectivity index (χ4v) is 2.85. The summed E-state index contributed by atoms with van der Waals surface area (Å²) in [5.74, 6) is 1.41. The van der Waals surface area contributed by atoms with Crippen LogP contribution in [0, 0.1) is 0 Å². The Labute approximate surface area is 125 Å². The van der Waals surface area contributed by atoms with E-state index in [4.69, 9.17) is 4.74 Å². The van der Waals surface area contributed by atoms with Gasteiger partial charge >= 0.3 is 0 Å². The molecule has 0 bridgehead atoms. The number of aromatic nitrogens is 1. The predicted molar refractivity (Wildman–Crippen MR) is 82.5 cm³/mol. The second kappa shape index (κ2) is 5.49. The summed E-state index contributed by atoms with van der Waals surface area (Å²) in [4.78, 5) is 4.46. The van der Waals surface area contributed by atoms with Gasteiger partial charge in [0.05, 0.1) is 18.5 Å². The highest BCUT2D eigenvalue weighted by Gasteiger charge is 2.25. The van der Waals surface area contributed by atoms with Gasteiger partial charge in [-0.3, -0.25) is 4.98 Å². The van der Waals surface area contributed by atoms with E-state index in [1.54, 1.807) is 0 Å². The number of benzene rings is 1. The fourth-order valence-electron chi connectivity index (χ4n) is 2.85. The summed E-state index contributed by atoms with van der Waals surface area (Å²) in [6.45, 7) is 1.61. The maximum atomic E-state index is 5.88. The Balaban J connectivity index is 1.29. The maximum Gasteiger partial charge on any atom is 0.137 e. The highest BCUT2D eigenvalue weighted by molar-refractivity contribution is 5.40. The zero-order valence-corrected chi connectivity index (χ0v) is 12.1. The van der Waals surface area contributed by atoms with Gasteiger partial charge in [-0.05, 0) is 42.5 Å². The van der Waals surface area contributed by atoms with Crippen molar-refractivity contribution >= 4 is 0 Å². The zero-order valence-electron chi connectivity index (χ0n) is 12.1. The van der Waals surface area contributed by atoms with E-state index < -0.39 is 0 Å². The van der Waals surface area contributed by atoms with E-state index in [9.17, 15) is 0 Å². The third-order valence-corrected chi connectivity index (χ3v) is 4.36. The first-order valence-electron chi connectivity index (χ1n) is 7.77. The van der Waals surface area contributed by atoms with Gasteiger partial charge in [0.15, 0.2) is 0 Å². The van der Waals surface area contributed by atoms with E-state index in [0.29, 0.717) is 5.92 Å². The Hall–Kier alpha value is -1.87. The minimum atomic E-state index is 0.539. The van der Waals surface area contributed by atoms with Crippen molar-refractivity contribution in [1.82, 2.24) is 10.3 Å². The molecule has 3 nitrogen and oxygen atoms in total. The molecule has 2 aliphatic rings. The molecule has 1 saturated carbocycles. The molecule has 1 unspecified atom stereocenters. The topological polar surface area (TPSA) is 34.1 Å². The van der Waals surface area contributed by atoms with Crippen molar-refractivity contribution in [2.24, 2.45) is 0 Å². The van der Waals surface area contributed by atoms with Gasteiger partial charge in [0, 0.05) is 18.5 Å². The van der Waals surface area contributed by atoms with Gasteiger partial charge in [-0.2, -0.15) is 0 Å². The number of nitrogens with zero attached hydrogens (tertiary/aromatic N) is 1. The van der Waals surface area contributed by atoms with Crippen LogP contribution in [0.4, 0.5) is 0 Å². The smallest absolute Gasteiger partial charge is 0.137 e. The largest absolute Gasteiger partial charge is 0.491 e. The number of nitrogens with one attached hydrogen (secondary N) is 1. The average molecular weight is 280 g/mol. The molecule has 1 N–H and O–H groups in total. The highest BCUT2D eigenvalue weighted by atomic mass is 16.5. The molecule has 0 spiro atoms. The third kappa shape index (κ3) is 2.93. The predicted octanol–water partition coefficient (Wildman–Crippen LogP) is 3.05. The van der Waals surface area contributed by atoms with Gasteiger partial charge in [-0.15, -0.1) is 0 Å². The van der Waals surface area contributed by atoms with E-state index >= 15 is 0 Å². The number of hydrogen-bond donors (Lipinski definition) is 1. The highest BCUT2D eigenvalue weighted by Crippen LogP contribution is 2.35. The van der Waals surface area contributed by atoms with E-state index in [0.717, 1.165) is 37.1 Å². The molecular weight excluding hydrogens is 260 g/mol. The van der Waals surface area contributed by atoms with Crippen LogP contribution in [0.5, 0.6) is 5.75 Å². The minimum absolute atomic E-state index is 0.539. The van der Waals surface area contributed by atoms with E-state index in [2.05, 4.69) is 40.6 Å². The summed E-state index contributed by atoms with van der Waals surface area (Å²) in [5.41, 5.74) is 3.99. The normalized spacial score (nSPS) is 19.7. The number of fused-ring (bicyclic) bond motifs is 1. The first-order valence-corrected chi connectivity index (χ1v) is 7.77. The van der Waals surface area contributed by atoms with Crippen LogP contribution in [-0.4, -0.2) is 17.6 Å². The van der Waals surface area contributed by atoms with E-state index in [-0.39, 0.29) is 0 Å². The van der Waals surface area contributed by atoms with Crippen LogP contribution in [0.3, 0.4) is 0 Å². The summed E-state index contributed by atoms with van der Waals surface area (Å²) < 4.78 is 5.88. The third-order valence-electron chi connectivity index (χ3n) is 4.36. The van der Waals surface area contributed by atoms with Gasteiger partial charge in [0.25, 0.3) is 0 Å². The van der Waals surface area contributed by atoms with Gasteiger partial charge in [0.2, 0.25) is 0 Å². The molecule has 108 valence electrons. The molecular formula is C18H20N2O. The molecule has 0 radical (unpaired) electrons. The molecule has 1 aromatic carbocycles. The maximum absolute atomic E-state index is 5.88. The van der Waals surface area contributed by atoms with Crippen molar-refractivity contribution in [2.75, 3.05) is 6.61 Å². The Morgan fingerprint density at radius 1 is 1.14 bits per heavy atom. The molecule has 1 aromatic heterocycles. The van der Waals surface area contributed by atoms with E-state index in [1.807, 2.05) is 12.3 Å². The molecule has 1 atom stereocenters. The van der Waals surface area contributed by atoms with Crippen LogP contribution in [0.2, 0.25) is 0 Å². The molecule has 1 heterocycles. The van der Waals surface area contributed by atoms with Crippen molar-refractivity contribution in [1.29, 1.82) is 0 Å². The van der Waals surface area contributed by atoms with Crippen LogP contribution in [-0.2, 0) is 13.0 Å². The second-order valence-corrected chi connectivity index (χ2v) is 6.05. The minimum Gasteiger partial charge on any atom is -0.491 e. The second-order valence-electron chi connectivity index (χ2n) is 6.05. The molecule has 0 saturated heterocycles. The SMILES string of the molecule is c1ccc2c(c1)CC2COc1ccc(CNC2CC2)nc1. The van der Waals surface area contributed by atoms with E-state index in [1.165, 1.54) is 24.0 Å². The number of hydrogen-bond acceptors (Lipinski definition) is 3. The summed E-state index contributed by atoms with van der Waals surface area (Å²) in [5, 5.41) is 3.47. The van der Waals surface area contributed by atoms with Crippen LogP contribution < -0.4 is 10.1 Å². The summed E-state index contributed by atoms with van der Waals surface area (Å²) >= 11 is 0.